The number of hydrogen-bond donors (Lipinski definition) is 1. The molecule has 2 aromatic rings. The highest BCUT2D eigenvalue weighted by Gasteiger charge is 2.08. The van der Waals surface area contributed by atoms with Gasteiger partial charge in [-0.1, -0.05) is 0 Å². The largest absolute Gasteiger partial charge is 0.481 e. The van der Waals surface area contributed by atoms with E-state index in [9.17, 15) is 0 Å². The summed E-state index contributed by atoms with van der Waals surface area (Å²) in [5, 5.41) is 6.49. The van der Waals surface area contributed by atoms with Crippen molar-refractivity contribution in [3.8, 4) is 5.88 Å². The molecular formula is C15H21N5OS. The van der Waals surface area contributed by atoms with Gasteiger partial charge in [-0.25, -0.2) is 9.97 Å². The van der Waals surface area contributed by atoms with Crippen molar-refractivity contribution in [2.24, 2.45) is 4.99 Å². The minimum absolute atomic E-state index is 0.612. The lowest BCUT2D eigenvalue weighted by Gasteiger charge is -2.21. The smallest absolute Gasteiger partial charge is 0.213 e. The van der Waals surface area contributed by atoms with Gasteiger partial charge in [0.25, 0.3) is 0 Å². The first-order valence-electron chi connectivity index (χ1n) is 6.94. The first kappa shape index (κ1) is 16.2. The molecule has 0 spiro atoms. The highest BCUT2D eigenvalue weighted by atomic mass is 32.1. The average molecular weight is 319 g/mol. The topological polar surface area (TPSA) is 62.6 Å². The third-order valence-corrected chi connectivity index (χ3v) is 3.92. The van der Waals surface area contributed by atoms with Gasteiger partial charge in [-0.05, 0) is 18.6 Å². The van der Waals surface area contributed by atoms with E-state index in [2.05, 4.69) is 25.7 Å². The molecule has 1 N–H and O–H groups in total. The summed E-state index contributed by atoms with van der Waals surface area (Å²) in [6.07, 6.45) is 1.74. The van der Waals surface area contributed by atoms with Gasteiger partial charge in [-0.3, -0.25) is 4.99 Å². The summed E-state index contributed by atoms with van der Waals surface area (Å²) in [5.74, 6) is 1.43. The van der Waals surface area contributed by atoms with E-state index in [0.717, 1.165) is 28.8 Å². The molecule has 0 saturated heterocycles. The SMILES string of the molecule is CN=C(NCc1ccnc(OC)c1)N(C)Cc1csc(C)n1. The molecule has 2 rings (SSSR count). The Kier molecular flexibility index (Phi) is 5.71. The molecular weight excluding hydrogens is 298 g/mol. The Morgan fingerprint density at radius 2 is 2.32 bits per heavy atom. The summed E-state index contributed by atoms with van der Waals surface area (Å²) < 4.78 is 5.13. The maximum Gasteiger partial charge on any atom is 0.213 e. The van der Waals surface area contributed by atoms with Crippen LogP contribution in [0, 0.1) is 6.92 Å². The van der Waals surface area contributed by atoms with E-state index in [0.29, 0.717) is 12.4 Å². The van der Waals surface area contributed by atoms with Gasteiger partial charge >= 0.3 is 0 Å². The molecule has 0 aromatic carbocycles. The zero-order valence-corrected chi connectivity index (χ0v) is 14.1. The van der Waals surface area contributed by atoms with Crippen molar-refractivity contribution in [2.45, 2.75) is 20.0 Å². The number of ether oxygens (including phenoxy) is 1. The number of thiazole rings is 1. The summed E-state index contributed by atoms with van der Waals surface area (Å²) in [6.45, 7) is 3.40. The molecule has 0 amide bonds. The van der Waals surface area contributed by atoms with Gasteiger partial charge in [0.05, 0.1) is 24.4 Å². The van der Waals surface area contributed by atoms with Gasteiger partial charge in [0.2, 0.25) is 5.88 Å². The fourth-order valence-corrected chi connectivity index (χ4v) is 2.64. The van der Waals surface area contributed by atoms with Crippen LogP contribution in [0.25, 0.3) is 0 Å². The monoisotopic (exact) mass is 319 g/mol. The molecule has 0 unspecified atom stereocenters. The number of rotatable bonds is 5. The first-order valence-corrected chi connectivity index (χ1v) is 7.82. The van der Waals surface area contributed by atoms with E-state index >= 15 is 0 Å². The number of hydrogen-bond acceptors (Lipinski definition) is 5. The highest BCUT2D eigenvalue weighted by molar-refractivity contribution is 7.09. The van der Waals surface area contributed by atoms with Gasteiger partial charge in [-0.2, -0.15) is 0 Å². The molecule has 2 aromatic heterocycles. The van der Waals surface area contributed by atoms with Crippen molar-refractivity contribution in [3.05, 3.63) is 40.0 Å². The molecule has 0 fully saturated rings. The van der Waals surface area contributed by atoms with Crippen LogP contribution in [-0.2, 0) is 13.1 Å². The van der Waals surface area contributed by atoms with Crippen LogP contribution in [0.15, 0.2) is 28.7 Å². The standard InChI is InChI=1S/C15H21N5OS/c1-11-19-13(10-22-11)9-20(3)15(16-2)18-8-12-5-6-17-14(7-12)21-4/h5-7,10H,8-9H2,1-4H3,(H,16,18). The van der Waals surface area contributed by atoms with Crippen molar-refractivity contribution < 1.29 is 4.74 Å². The predicted octanol–water partition coefficient (Wildman–Crippen LogP) is 2.06. The summed E-state index contributed by atoms with van der Waals surface area (Å²) in [6, 6.07) is 3.86. The van der Waals surface area contributed by atoms with Gasteiger partial charge in [0, 0.05) is 38.3 Å². The fourth-order valence-electron chi connectivity index (χ4n) is 2.04. The molecule has 0 atom stereocenters. The Balaban J connectivity index is 1.93. The number of pyridine rings is 1. The Labute approximate surface area is 134 Å². The van der Waals surface area contributed by atoms with Gasteiger partial charge in [-0.15, -0.1) is 11.3 Å². The average Bonchev–Trinajstić information content (AvgIpc) is 2.93. The minimum atomic E-state index is 0.612. The van der Waals surface area contributed by atoms with Crippen LogP contribution in [-0.4, -0.2) is 42.0 Å². The Hall–Kier alpha value is -2.15. The van der Waals surface area contributed by atoms with Crippen molar-refractivity contribution in [3.63, 3.8) is 0 Å². The maximum absolute atomic E-state index is 5.13. The molecule has 0 saturated carbocycles. The summed E-state index contributed by atoms with van der Waals surface area (Å²) in [7, 11) is 5.39. The molecule has 0 radical (unpaired) electrons. The lowest BCUT2D eigenvalue weighted by Crippen LogP contribution is -2.38. The van der Waals surface area contributed by atoms with Crippen LogP contribution >= 0.6 is 11.3 Å². The summed E-state index contributed by atoms with van der Waals surface area (Å²) in [5.41, 5.74) is 2.14. The number of methoxy groups -OCH3 is 1. The molecule has 0 aliphatic heterocycles. The van der Waals surface area contributed by atoms with E-state index in [1.807, 2.05) is 31.0 Å². The lowest BCUT2D eigenvalue weighted by molar-refractivity contribution is 0.397. The normalized spacial score (nSPS) is 11.4. The third kappa shape index (κ3) is 4.42. The van der Waals surface area contributed by atoms with Crippen molar-refractivity contribution in [1.29, 1.82) is 0 Å². The molecule has 6 nitrogen and oxygen atoms in total. The lowest BCUT2D eigenvalue weighted by atomic mass is 10.2. The molecule has 118 valence electrons. The first-order chi connectivity index (χ1) is 10.6. The fraction of sp³-hybridized carbons (Fsp3) is 0.400. The third-order valence-electron chi connectivity index (χ3n) is 3.10. The van der Waals surface area contributed by atoms with E-state index in [-0.39, 0.29) is 0 Å². The number of aliphatic imine (C=N–C) groups is 1. The van der Waals surface area contributed by atoms with E-state index < -0.39 is 0 Å². The number of aromatic nitrogens is 2. The second-order valence-corrected chi connectivity index (χ2v) is 5.88. The molecule has 0 aliphatic rings. The van der Waals surface area contributed by atoms with Crippen molar-refractivity contribution in [1.82, 2.24) is 20.2 Å². The predicted molar refractivity (Wildman–Crippen MR) is 89.3 cm³/mol. The van der Waals surface area contributed by atoms with Crippen LogP contribution in [0.3, 0.4) is 0 Å². The van der Waals surface area contributed by atoms with Crippen LogP contribution in [0.1, 0.15) is 16.3 Å². The Morgan fingerprint density at radius 3 is 2.95 bits per heavy atom. The number of nitrogens with one attached hydrogen (secondary N) is 1. The van der Waals surface area contributed by atoms with Crippen molar-refractivity contribution in [2.75, 3.05) is 21.2 Å². The minimum Gasteiger partial charge on any atom is -0.481 e. The molecule has 22 heavy (non-hydrogen) atoms. The molecule has 2 heterocycles. The summed E-state index contributed by atoms with van der Waals surface area (Å²) in [4.78, 5) is 14.9. The van der Waals surface area contributed by atoms with Gasteiger partial charge < -0.3 is 15.0 Å². The zero-order valence-electron chi connectivity index (χ0n) is 13.3. The van der Waals surface area contributed by atoms with Gasteiger partial charge in [0.1, 0.15) is 0 Å². The quantitative estimate of drug-likeness (QED) is 0.675. The zero-order chi connectivity index (χ0) is 15.9. The molecule has 0 aliphatic carbocycles. The molecule has 7 heteroatoms. The Morgan fingerprint density at radius 1 is 1.50 bits per heavy atom. The Bertz CT molecular complexity index is 640. The van der Waals surface area contributed by atoms with Crippen LogP contribution in [0.4, 0.5) is 0 Å². The van der Waals surface area contributed by atoms with Crippen molar-refractivity contribution >= 4 is 17.3 Å². The number of nitrogens with zero attached hydrogens (tertiary/aromatic N) is 4. The van der Waals surface area contributed by atoms with E-state index in [4.69, 9.17) is 4.74 Å². The second kappa shape index (κ2) is 7.74. The molecule has 0 bridgehead atoms. The van der Waals surface area contributed by atoms with Crippen LogP contribution in [0.5, 0.6) is 5.88 Å². The van der Waals surface area contributed by atoms with Crippen LogP contribution in [0.2, 0.25) is 0 Å². The van der Waals surface area contributed by atoms with Gasteiger partial charge in [0.15, 0.2) is 5.96 Å². The number of guanidine groups is 1. The van der Waals surface area contributed by atoms with E-state index in [1.165, 1.54) is 0 Å². The van der Waals surface area contributed by atoms with Crippen LogP contribution < -0.4 is 10.1 Å². The van der Waals surface area contributed by atoms with E-state index in [1.54, 1.807) is 31.7 Å². The summed E-state index contributed by atoms with van der Waals surface area (Å²) >= 11 is 1.66. The highest BCUT2D eigenvalue weighted by Crippen LogP contribution is 2.10. The number of aryl methyl sites for hydroxylation is 1. The maximum atomic E-state index is 5.13. The second-order valence-electron chi connectivity index (χ2n) is 4.82.